The molecule has 1 aliphatic rings. The van der Waals surface area contributed by atoms with Gasteiger partial charge in [-0.3, -0.25) is 0 Å². The lowest BCUT2D eigenvalue weighted by molar-refractivity contribution is 0.336. The van der Waals surface area contributed by atoms with E-state index in [-0.39, 0.29) is 0 Å². The van der Waals surface area contributed by atoms with Crippen LogP contribution in [-0.2, 0) is 0 Å². The molecule has 1 fully saturated rings. The van der Waals surface area contributed by atoms with Gasteiger partial charge in [-0.1, -0.05) is 12.1 Å². The zero-order valence-electron chi connectivity index (χ0n) is 9.99. The number of piperazine rings is 1. The Morgan fingerprint density at radius 3 is 2.50 bits per heavy atom. The van der Waals surface area contributed by atoms with E-state index in [1.807, 2.05) is 19.1 Å². The van der Waals surface area contributed by atoms with Gasteiger partial charge in [0.2, 0.25) is 0 Å². The van der Waals surface area contributed by atoms with Crippen LogP contribution < -0.4 is 15.4 Å². The van der Waals surface area contributed by atoms with Crippen molar-refractivity contribution in [2.45, 2.75) is 25.9 Å². The highest BCUT2D eigenvalue weighted by Gasteiger charge is 2.21. The largest absolute Gasteiger partial charge is 0.494 e. The summed E-state index contributed by atoms with van der Waals surface area (Å²) in [4.78, 5) is 0. The van der Waals surface area contributed by atoms with Gasteiger partial charge in [0.25, 0.3) is 0 Å². The fraction of sp³-hybridized carbons (Fsp3) is 0.538. The monoisotopic (exact) mass is 220 g/mol. The number of ether oxygens (including phenoxy) is 1. The van der Waals surface area contributed by atoms with Crippen LogP contribution in [0.15, 0.2) is 24.3 Å². The zero-order valence-corrected chi connectivity index (χ0v) is 9.99. The Balaban J connectivity index is 2.08. The summed E-state index contributed by atoms with van der Waals surface area (Å²) in [5.74, 6) is 0.947. The van der Waals surface area contributed by atoms with E-state index in [0.717, 1.165) is 25.4 Å². The molecular formula is C13H20N2O. The minimum absolute atomic E-state index is 0.407. The Hall–Kier alpha value is -1.06. The Bertz CT molecular complexity index is 323. The van der Waals surface area contributed by atoms with Crippen LogP contribution >= 0.6 is 0 Å². The van der Waals surface area contributed by atoms with Crippen molar-refractivity contribution in [1.82, 2.24) is 10.6 Å². The molecule has 2 N–H and O–H groups in total. The van der Waals surface area contributed by atoms with E-state index in [1.165, 1.54) is 5.56 Å². The molecule has 1 aliphatic heterocycles. The number of rotatable bonds is 3. The minimum atomic E-state index is 0.407. The van der Waals surface area contributed by atoms with Crippen LogP contribution in [0.3, 0.4) is 0 Å². The van der Waals surface area contributed by atoms with Gasteiger partial charge in [0.15, 0.2) is 0 Å². The lowest BCUT2D eigenvalue weighted by Gasteiger charge is -2.31. The van der Waals surface area contributed by atoms with E-state index in [0.29, 0.717) is 12.1 Å². The predicted octanol–water partition coefficient (Wildman–Crippen LogP) is 1.71. The number of nitrogens with one attached hydrogen (secondary N) is 2. The summed E-state index contributed by atoms with van der Waals surface area (Å²) in [5.41, 5.74) is 1.32. The highest BCUT2D eigenvalue weighted by atomic mass is 16.5. The lowest BCUT2D eigenvalue weighted by Crippen LogP contribution is -2.48. The highest BCUT2D eigenvalue weighted by Crippen LogP contribution is 2.21. The van der Waals surface area contributed by atoms with Crippen LogP contribution in [0, 0.1) is 0 Å². The highest BCUT2D eigenvalue weighted by molar-refractivity contribution is 5.30. The molecule has 0 aromatic heterocycles. The van der Waals surface area contributed by atoms with E-state index in [2.05, 4.69) is 29.7 Å². The van der Waals surface area contributed by atoms with Crippen molar-refractivity contribution in [1.29, 1.82) is 0 Å². The first-order chi connectivity index (χ1) is 7.81. The van der Waals surface area contributed by atoms with Crippen LogP contribution in [0.1, 0.15) is 25.5 Å². The average Bonchev–Trinajstić information content (AvgIpc) is 2.31. The minimum Gasteiger partial charge on any atom is -0.494 e. The fourth-order valence-corrected chi connectivity index (χ4v) is 2.17. The maximum absolute atomic E-state index is 5.44. The van der Waals surface area contributed by atoms with Gasteiger partial charge >= 0.3 is 0 Å². The van der Waals surface area contributed by atoms with Crippen molar-refractivity contribution in [3.05, 3.63) is 29.8 Å². The molecule has 2 rings (SSSR count). The first kappa shape index (κ1) is 11.4. The van der Waals surface area contributed by atoms with Gasteiger partial charge in [-0.25, -0.2) is 0 Å². The van der Waals surface area contributed by atoms with Crippen LogP contribution in [-0.4, -0.2) is 25.7 Å². The Labute approximate surface area is 97.2 Å². The van der Waals surface area contributed by atoms with Gasteiger partial charge in [0.05, 0.1) is 6.61 Å². The van der Waals surface area contributed by atoms with Gasteiger partial charge in [-0.15, -0.1) is 0 Å². The number of hydrogen-bond acceptors (Lipinski definition) is 3. The summed E-state index contributed by atoms with van der Waals surface area (Å²) in [5, 5.41) is 7.01. The van der Waals surface area contributed by atoms with Gasteiger partial charge < -0.3 is 15.4 Å². The molecule has 3 heteroatoms. The topological polar surface area (TPSA) is 33.3 Å². The summed E-state index contributed by atoms with van der Waals surface area (Å²) < 4.78 is 5.44. The molecule has 0 amide bonds. The smallest absolute Gasteiger partial charge is 0.119 e. The molecule has 2 unspecified atom stereocenters. The van der Waals surface area contributed by atoms with Gasteiger partial charge in [0, 0.05) is 25.2 Å². The van der Waals surface area contributed by atoms with E-state index < -0.39 is 0 Å². The second-order valence-corrected chi connectivity index (χ2v) is 4.18. The molecule has 16 heavy (non-hydrogen) atoms. The Kier molecular flexibility index (Phi) is 3.80. The van der Waals surface area contributed by atoms with E-state index >= 15 is 0 Å². The molecule has 1 heterocycles. The molecule has 1 saturated heterocycles. The van der Waals surface area contributed by atoms with Crippen LogP contribution in [0.25, 0.3) is 0 Å². The number of benzene rings is 1. The third kappa shape index (κ3) is 2.54. The molecular weight excluding hydrogens is 200 g/mol. The van der Waals surface area contributed by atoms with Crippen molar-refractivity contribution >= 4 is 0 Å². The van der Waals surface area contributed by atoms with Crippen molar-refractivity contribution in [3.63, 3.8) is 0 Å². The van der Waals surface area contributed by atoms with Crippen molar-refractivity contribution in [2.24, 2.45) is 0 Å². The van der Waals surface area contributed by atoms with E-state index in [4.69, 9.17) is 4.74 Å². The van der Waals surface area contributed by atoms with Crippen LogP contribution in [0.4, 0.5) is 0 Å². The van der Waals surface area contributed by atoms with E-state index in [9.17, 15) is 0 Å². The first-order valence-corrected chi connectivity index (χ1v) is 6.01. The van der Waals surface area contributed by atoms with Gasteiger partial charge in [-0.2, -0.15) is 0 Å². The fourth-order valence-electron chi connectivity index (χ4n) is 2.17. The third-order valence-corrected chi connectivity index (χ3v) is 3.01. The standard InChI is InChI=1S/C13H20N2O/c1-3-16-12-6-4-11(5-7-12)13-10(2)14-8-9-15-13/h4-7,10,13-15H,3,8-9H2,1-2H3. The normalized spacial score (nSPS) is 25.4. The first-order valence-electron chi connectivity index (χ1n) is 6.01. The molecule has 0 radical (unpaired) electrons. The summed E-state index contributed by atoms with van der Waals surface area (Å²) in [7, 11) is 0. The van der Waals surface area contributed by atoms with Gasteiger partial charge in [0.1, 0.15) is 5.75 Å². The van der Waals surface area contributed by atoms with Crippen molar-refractivity contribution in [3.8, 4) is 5.75 Å². The summed E-state index contributed by atoms with van der Waals surface area (Å²) >= 11 is 0. The molecule has 0 aliphatic carbocycles. The quantitative estimate of drug-likeness (QED) is 0.813. The maximum atomic E-state index is 5.44. The zero-order chi connectivity index (χ0) is 11.4. The third-order valence-electron chi connectivity index (χ3n) is 3.01. The van der Waals surface area contributed by atoms with Crippen LogP contribution in [0.5, 0.6) is 5.75 Å². The molecule has 88 valence electrons. The molecule has 0 spiro atoms. The average molecular weight is 220 g/mol. The van der Waals surface area contributed by atoms with E-state index in [1.54, 1.807) is 0 Å². The molecule has 2 atom stereocenters. The van der Waals surface area contributed by atoms with Crippen molar-refractivity contribution < 1.29 is 4.74 Å². The SMILES string of the molecule is CCOc1ccc(C2NCCNC2C)cc1. The second-order valence-electron chi connectivity index (χ2n) is 4.18. The molecule has 1 aromatic carbocycles. The summed E-state index contributed by atoms with van der Waals surface area (Å²) in [6.45, 7) is 7.02. The molecule has 1 aromatic rings. The summed E-state index contributed by atoms with van der Waals surface area (Å²) in [6.07, 6.45) is 0. The summed E-state index contributed by atoms with van der Waals surface area (Å²) in [6, 6.07) is 9.26. The molecule has 0 bridgehead atoms. The Morgan fingerprint density at radius 2 is 1.88 bits per heavy atom. The van der Waals surface area contributed by atoms with Crippen LogP contribution in [0.2, 0.25) is 0 Å². The second kappa shape index (κ2) is 5.32. The van der Waals surface area contributed by atoms with Gasteiger partial charge in [-0.05, 0) is 31.5 Å². The predicted molar refractivity (Wildman–Crippen MR) is 65.8 cm³/mol. The number of hydrogen-bond donors (Lipinski definition) is 2. The molecule has 0 saturated carbocycles. The Morgan fingerprint density at radius 1 is 1.19 bits per heavy atom. The maximum Gasteiger partial charge on any atom is 0.119 e. The lowest BCUT2D eigenvalue weighted by atomic mass is 9.98. The molecule has 3 nitrogen and oxygen atoms in total. The van der Waals surface area contributed by atoms with Crippen molar-refractivity contribution in [2.75, 3.05) is 19.7 Å².